The minimum Gasteiger partial charge on any atom is -0.357 e. The van der Waals surface area contributed by atoms with E-state index in [1.165, 1.54) is 6.07 Å². The topological polar surface area (TPSA) is 56.7 Å². The predicted octanol–water partition coefficient (Wildman–Crippen LogP) is 2.65. The Kier molecular flexibility index (Phi) is 7.25. The number of nitrogens with zero attached hydrogens (tertiary/aromatic N) is 2. The third kappa shape index (κ3) is 5.08. The largest absolute Gasteiger partial charge is 0.357 e. The van der Waals surface area contributed by atoms with Crippen molar-refractivity contribution in [2.24, 2.45) is 4.99 Å². The molecule has 1 saturated carbocycles. The summed E-state index contributed by atoms with van der Waals surface area (Å²) in [5.74, 6) is 0.786. The molecule has 26 heavy (non-hydrogen) atoms. The molecular weight excluding hydrogens is 446 g/mol. The number of amides is 1. The highest BCUT2D eigenvalue weighted by Gasteiger charge is 2.44. The summed E-state index contributed by atoms with van der Waals surface area (Å²) >= 11 is 0. The monoisotopic (exact) mass is 474 g/mol. The van der Waals surface area contributed by atoms with Crippen molar-refractivity contribution in [3.05, 3.63) is 35.6 Å². The second-order valence-corrected chi connectivity index (χ2v) is 7.14. The second kappa shape index (κ2) is 9.01. The first kappa shape index (κ1) is 20.9. The van der Waals surface area contributed by atoms with E-state index in [-0.39, 0.29) is 47.2 Å². The Labute approximate surface area is 171 Å². The Bertz CT molecular complexity index is 663. The van der Waals surface area contributed by atoms with E-state index >= 15 is 0 Å². The smallest absolute Gasteiger partial charge is 0.222 e. The summed E-state index contributed by atoms with van der Waals surface area (Å²) in [5.41, 5.74) is 1.01. The molecule has 1 aromatic rings. The number of benzene rings is 1. The molecule has 2 N–H and O–H groups in total. The van der Waals surface area contributed by atoms with Gasteiger partial charge in [0.1, 0.15) is 5.82 Å². The van der Waals surface area contributed by atoms with E-state index in [4.69, 9.17) is 4.99 Å². The van der Waals surface area contributed by atoms with Crippen LogP contribution in [0.15, 0.2) is 29.3 Å². The van der Waals surface area contributed by atoms with Gasteiger partial charge in [0.2, 0.25) is 5.91 Å². The fraction of sp³-hybridized carbons (Fsp3) is 0.579. The molecule has 0 aromatic heterocycles. The van der Waals surface area contributed by atoms with Crippen LogP contribution in [0.1, 0.15) is 38.2 Å². The number of hydrogen-bond acceptors (Lipinski definition) is 2. The van der Waals surface area contributed by atoms with Gasteiger partial charge in [-0.1, -0.05) is 12.1 Å². The number of likely N-dealkylation sites (N-methyl/N-ethyl adjacent to an activating group) is 1. The van der Waals surface area contributed by atoms with Gasteiger partial charge in [0, 0.05) is 38.0 Å². The van der Waals surface area contributed by atoms with Crippen LogP contribution in [0.3, 0.4) is 0 Å². The summed E-state index contributed by atoms with van der Waals surface area (Å²) in [4.78, 5) is 18.1. The van der Waals surface area contributed by atoms with E-state index in [0.29, 0.717) is 19.5 Å². The molecule has 144 valence electrons. The van der Waals surface area contributed by atoms with Gasteiger partial charge in [-0.2, -0.15) is 0 Å². The molecule has 1 aliphatic carbocycles. The molecule has 1 atom stereocenters. The van der Waals surface area contributed by atoms with Crippen LogP contribution in [0.25, 0.3) is 0 Å². The number of carbonyl (C=O) groups is 1. The van der Waals surface area contributed by atoms with Crippen LogP contribution in [0.4, 0.5) is 4.39 Å². The maximum absolute atomic E-state index is 13.5. The summed E-state index contributed by atoms with van der Waals surface area (Å²) in [6, 6.07) is 7.09. The van der Waals surface area contributed by atoms with Gasteiger partial charge in [-0.3, -0.25) is 9.79 Å². The molecule has 1 heterocycles. The van der Waals surface area contributed by atoms with Crippen molar-refractivity contribution >= 4 is 35.8 Å². The number of nitrogens with one attached hydrogen (secondary N) is 2. The van der Waals surface area contributed by atoms with Gasteiger partial charge >= 0.3 is 0 Å². The van der Waals surface area contributed by atoms with Crippen molar-refractivity contribution in [2.45, 2.75) is 44.1 Å². The second-order valence-electron chi connectivity index (χ2n) is 7.14. The Morgan fingerprint density at radius 3 is 2.81 bits per heavy atom. The van der Waals surface area contributed by atoms with Gasteiger partial charge in [0.05, 0.1) is 6.54 Å². The summed E-state index contributed by atoms with van der Waals surface area (Å²) in [5, 5.41) is 6.72. The number of piperidine rings is 1. The number of guanidine groups is 1. The van der Waals surface area contributed by atoms with Crippen LogP contribution in [0, 0.1) is 5.82 Å². The zero-order valence-electron chi connectivity index (χ0n) is 15.4. The van der Waals surface area contributed by atoms with Gasteiger partial charge in [-0.05, 0) is 43.9 Å². The van der Waals surface area contributed by atoms with Crippen LogP contribution in [-0.4, -0.2) is 49.5 Å². The van der Waals surface area contributed by atoms with Crippen molar-refractivity contribution in [2.75, 3.05) is 26.7 Å². The Morgan fingerprint density at radius 2 is 2.19 bits per heavy atom. The average molecular weight is 474 g/mol. The summed E-state index contributed by atoms with van der Waals surface area (Å²) in [6.07, 6.45) is 3.48. The number of rotatable bonds is 5. The van der Waals surface area contributed by atoms with Crippen LogP contribution in [-0.2, 0) is 10.2 Å². The molecule has 5 nitrogen and oxygen atoms in total. The van der Waals surface area contributed by atoms with Crippen molar-refractivity contribution < 1.29 is 9.18 Å². The van der Waals surface area contributed by atoms with E-state index in [2.05, 4.69) is 10.6 Å². The van der Waals surface area contributed by atoms with Crippen LogP contribution >= 0.6 is 24.0 Å². The third-order valence-electron chi connectivity index (χ3n) is 5.14. The van der Waals surface area contributed by atoms with Gasteiger partial charge in [0.15, 0.2) is 5.96 Å². The lowest BCUT2D eigenvalue weighted by Crippen LogP contribution is -2.51. The van der Waals surface area contributed by atoms with E-state index in [0.717, 1.165) is 37.3 Å². The Hall–Kier alpha value is -1.38. The molecule has 2 aliphatic rings. The first-order valence-electron chi connectivity index (χ1n) is 9.07. The Balaban J connectivity index is 0.00000243. The Morgan fingerprint density at radius 1 is 1.42 bits per heavy atom. The number of aliphatic imine (C=N–C) groups is 1. The minimum atomic E-state index is -0.187. The summed E-state index contributed by atoms with van der Waals surface area (Å²) in [6.45, 7) is 4.15. The average Bonchev–Trinajstić information content (AvgIpc) is 3.38. The predicted molar refractivity (Wildman–Crippen MR) is 113 cm³/mol. The van der Waals surface area contributed by atoms with Gasteiger partial charge in [-0.25, -0.2) is 4.39 Å². The lowest BCUT2D eigenvalue weighted by Gasteiger charge is -2.31. The number of carbonyl (C=O) groups excluding carboxylic acids is 1. The molecule has 0 bridgehead atoms. The van der Waals surface area contributed by atoms with Gasteiger partial charge in [0.25, 0.3) is 0 Å². The normalized spacial score (nSPS) is 21.8. The molecule has 1 saturated heterocycles. The first-order valence-corrected chi connectivity index (χ1v) is 9.07. The minimum absolute atomic E-state index is 0. The maximum atomic E-state index is 13.5. The summed E-state index contributed by atoms with van der Waals surface area (Å²) < 4.78 is 13.5. The molecule has 1 aliphatic heterocycles. The standard InChI is InChI=1S/C19H27FN4O.HI/c1-3-21-18(23-16-7-8-17(25)24(2)12-16)22-13-19(9-10-19)14-5-4-6-15(20)11-14;/h4-6,11,16H,3,7-10,12-13H2,1-2H3,(H2,21,22,23);1H. The molecular formula is C19H28FIN4O. The quantitative estimate of drug-likeness (QED) is 0.392. The summed E-state index contributed by atoms with van der Waals surface area (Å²) in [7, 11) is 1.84. The van der Waals surface area contributed by atoms with Crippen molar-refractivity contribution in [1.29, 1.82) is 0 Å². The fourth-order valence-corrected chi connectivity index (χ4v) is 3.38. The zero-order valence-corrected chi connectivity index (χ0v) is 17.8. The molecule has 1 unspecified atom stereocenters. The maximum Gasteiger partial charge on any atom is 0.222 e. The van der Waals surface area contributed by atoms with Crippen LogP contribution in [0.5, 0.6) is 0 Å². The molecule has 1 amide bonds. The molecule has 7 heteroatoms. The van der Waals surface area contributed by atoms with Gasteiger partial charge < -0.3 is 15.5 Å². The number of likely N-dealkylation sites (tertiary alicyclic amines) is 1. The SMILES string of the molecule is CCNC(=NCC1(c2cccc(F)c2)CC1)NC1CCC(=O)N(C)C1.I. The van der Waals surface area contributed by atoms with Crippen LogP contribution in [0.2, 0.25) is 0 Å². The highest BCUT2D eigenvalue weighted by Crippen LogP contribution is 2.48. The highest BCUT2D eigenvalue weighted by molar-refractivity contribution is 14.0. The van der Waals surface area contributed by atoms with Crippen molar-refractivity contribution in [3.63, 3.8) is 0 Å². The molecule has 0 radical (unpaired) electrons. The zero-order chi connectivity index (χ0) is 17.9. The van der Waals surface area contributed by atoms with E-state index in [9.17, 15) is 9.18 Å². The first-order chi connectivity index (χ1) is 12.0. The van der Waals surface area contributed by atoms with E-state index in [1.807, 2.05) is 20.0 Å². The molecule has 1 aromatic carbocycles. The van der Waals surface area contributed by atoms with E-state index in [1.54, 1.807) is 17.0 Å². The molecule has 2 fully saturated rings. The van der Waals surface area contributed by atoms with Crippen molar-refractivity contribution in [3.8, 4) is 0 Å². The lowest BCUT2D eigenvalue weighted by molar-refractivity contribution is -0.132. The molecule has 0 spiro atoms. The van der Waals surface area contributed by atoms with Gasteiger partial charge in [-0.15, -0.1) is 24.0 Å². The molecule has 3 rings (SSSR count). The lowest BCUT2D eigenvalue weighted by atomic mass is 9.96. The third-order valence-corrected chi connectivity index (χ3v) is 5.14. The highest BCUT2D eigenvalue weighted by atomic mass is 127. The van der Waals surface area contributed by atoms with E-state index < -0.39 is 0 Å². The van der Waals surface area contributed by atoms with Crippen molar-refractivity contribution in [1.82, 2.24) is 15.5 Å². The fourth-order valence-electron chi connectivity index (χ4n) is 3.38. The number of hydrogen-bond donors (Lipinski definition) is 2. The van der Waals surface area contributed by atoms with Crippen LogP contribution < -0.4 is 10.6 Å². The number of halogens is 2.